The molecule has 1 heterocycles. The lowest BCUT2D eigenvalue weighted by Gasteiger charge is -2.36. The van der Waals surface area contributed by atoms with Gasteiger partial charge in [-0.1, -0.05) is 6.07 Å². The molecule has 2 atom stereocenters. The summed E-state index contributed by atoms with van der Waals surface area (Å²) in [6.45, 7) is 7.78. The molecule has 1 aliphatic heterocycles. The molecule has 1 aliphatic rings. The fourth-order valence-corrected chi connectivity index (χ4v) is 3.14. The van der Waals surface area contributed by atoms with Crippen molar-refractivity contribution < 1.29 is 0 Å². The molecule has 17 heavy (non-hydrogen) atoms. The molecule has 1 N–H and O–H groups in total. The van der Waals surface area contributed by atoms with E-state index in [-0.39, 0.29) is 0 Å². The van der Waals surface area contributed by atoms with Gasteiger partial charge in [0.2, 0.25) is 0 Å². The second-order valence-electron chi connectivity index (χ2n) is 4.91. The molecule has 0 saturated carbocycles. The van der Waals surface area contributed by atoms with Crippen molar-refractivity contribution in [2.24, 2.45) is 0 Å². The van der Waals surface area contributed by atoms with Gasteiger partial charge in [0.15, 0.2) is 0 Å². The van der Waals surface area contributed by atoms with E-state index in [1.807, 2.05) is 0 Å². The van der Waals surface area contributed by atoms with Crippen LogP contribution in [0.5, 0.6) is 0 Å². The van der Waals surface area contributed by atoms with Crippen molar-refractivity contribution in [2.75, 3.05) is 13.1 Å². The molecule has 0 bridgehead atoms. The SMILES string of the molecule is CC1CN(Cc2ccc(Br)c(Br)c2)CC(C)N1. The van der Waals surface area contributed by atoms with Gasteiger partial charge in [-0.3, -0.25) is 4.90 Å². The molecule has 1 fully saturated rings. The van der Waals surface area contributed by atoms with Gasteiger partial charge in [-0.05, 0) is 63.4 Å². The maximum atomic E-state index is 3.56. The molecule has 1 aromatic carbocycles. The first-order valence-electron chi connectivity index (χ1n) is 5.97. The molecule has 94 valence electrons. The molecule has 1 aromatic rings. The molecule has 0 amide bonds. The van der Waals surface area contributed by atoms with Crippen LogP contribution < -0.4 is 5.32 Å². The third kappa shape index (κ3) is 3.78. The average Bonchev–Trinajstić information content (AvgIpc) is 2.22. The predicted octanol–water partition coefficient (Wildman–Crippen LogP) is 3.39. The quantitative estimate of drug-likeness (QED) is 0.868. The molecule has 2 nitrogen and oxygen atoms in total. The largest absolute Gasteiger partial charge is 0.309 e. The Morgan fingerprint density at radius 2 is 1.82 bits per heavy atom. The van der Waals surface area contributed by atoms with Crippen LogP contribution in [0.25, 0.3) is 0 Å². The molecule has 2 rings (SSSR count). The van der Waals surface area contributed by atoms with Crippen LogP contribution in [0.15, 0.2) is 27.1 Å². The molecule has 0 aromatic heterocycles. The number of hydrogen-bond donors (Lipinski definition) is 1. The lowest BCUT2D eigenvalue weighted by Crippen LogP contribution is -2.53. The monoisotopic (exact) mass is 360 g/mol. The number of rotatable bonds is 2. The van der Waals surface area contributed by atoms with Crippen molar-refractivity contribution in [3.05, 3.63) is 32.7 Å². The summed E-state index contributed by atoms with van der Waals surface area (Å²) in [6, 6.07) is 7.65. The standard InChI is InChI=1S/C13H18Br2N2/c1-9-6-17(7-10(2)16-9)8-11-3-4-12(14)13(15)5-11/h3-5,9-10,16H,6-8H2,1-2H3. The van der Waals surface area contributed by atoms with Crippen LogP contribution >= 0.6 is 31.9 Å². The van der Waals surface area contributed by atoms with Crippen LogP contribution in [-0.2, 0) is 6.54 Å². The highest BCUT2D eigenvalue weighted by molar-refractivity contribution is 9.13. The van der Waals surface area contributed by atoms with Crippen LogP contribution in [0, 0.1) is 0 Å². The minimum Gasteiger partial charge on any atom is -0.309 e. The van der Waals surface area contributed by atoms with E-state index in [1.165, 1.54) is 5.56 Å². The first kappa shape index (κ1) is 13.5. The summed E-state index contributed by atoms with van der Waals surface area (Å²) >= 11 is 7.06. The maximum Gasteiger partial charge on any atom is 0.0320 e. The highest BCUT2D eigenvalue weighted by atomic mass is 79.9. The van der Waals surface area contributed by atoms with Crippen molar-refractivity contribution in [1.29, 1.82) is 0 Å². The predicted molar refractivity (Wildman–Crippen MR) is 79.2 cm³/mol. The summed E-state index contributed by atoms with van der Waals surface area (Å²) in [5.41, 5.74) is 1.36. The summed E-state index contributed by atoms with van der Waals surface area (Å²) in [4.78, 5) is 2.52. The molecule has 4 heteroatoms. The molecular formula is C13H18Br2N2. The van der Waals surface area contributed by atoms with Gasteiger partial charge in [-0.2, -0.15) is 0 Å². The first-order valence-corrected chi connectivity index (χ1v) is 7.55. The first-order chi connectivity index (χ1) is 8.04. The van der Waals surface area contributed by atoms with Gasteiger partial charge in [-0.15, -0.1) is 0 Å². The Bertz CT molecular complexity index is 385. The van der Waals surface area contributed by atoms with Gasteiger partial charge in [-0.25, -0.2) is 0 Å². The van der Waals surface area contributed by atoms with Crippen LogP contribution in [0.4, 0.5) is 0 Å². The summed E-state index contributed by atoms with van der Waals surface area (Å²) in [5, 5.41) is 3.56. The fraction of sp³-hybridized carbons (Fsp3) is 0.538. The third-order valence-electron chi connectivity index (χ3n) is 3.02. The number of nitrogens with one attached hydrogen (secondary N) is 1. The van der Waals surface area contributed by atoms with Crippen LogP contribution in [0.1, 0.15) is 19.4 Å². The van der Waals surface area contributed by atoms with Crippen molar-refractivity contribution >= 4 is 31.9 Å². The van der Waals surface area contributed by atoms with E-state index in [2.05, 4.69) is 74.1 Å². The minimum absolute atomic E-state index is 0.581. The highest BCUT2D eigenvalue weighted by Gasteiger charge is 2.20. The smallest absolute Gasteiger partial charge is 0.0320 e. The topological polar surface area (TPSA) is 15.3 Å². The van der Waals surface area contributed by atoms with E-state index in [9.17, 15) is 0 Å². The van der Waals surface area contributed by atoms with Crippen molar-refractivity contribution in [3.63, 3.8) is 0 Å². The molecule has 0 radical (unpaired) electrons. The number of hydrogen-bond acceptors (Lipinski definition) is 2. The van der Waals surface area contributed by atoms with Crippen LogP contribution in [-0.4, -0.2) is 30.1 Å². The van der Waals surface area contributed by atoms with Gasteiger partial charge in [0, 0.05) is 40.7 Å². The Labute approximate surface area is 120 Å². The molecular weight excluding hydrogens is 344 g/mol. The second-order valence-corrected chi connectivity index (χ2v) is 6.62. The lowest BCUT2D eigenvalue weighted by molar-refractivity contribution is 0.166. The molecule has 0 spiro atoms. The van der Waals surface area contributed by atoms with Gasteiger partial charge in [0.05, 0.1) is 0 Å². The van der Waals surface area contributed by atoms with Gasteiger partial charge in [0.25, 0.3) is 0 Å². The third-order valence-corrected chi connectivity index (χ3v) is 4.90. The van der Waals surface area contributed by atoms with Crippen molar-refractivity contribution in [2.45, 2.75) is 32.5 Å². The number of benzene rings is 1. The summed E-state index contributed by atoms with van der Waals surface area (Å²) in [5.74, 6) is 0. The maximum absolute atomic E-state index is 3.56. The van der Waals surface area contributed by atoms with Crippen molar-refractivity contribution in [3.8, 4) is 0 Å². The van der Waals surface area contributed by atoms with Gasteiger partial charge >= 0.3 is 0 Å². The molecule has 1 saturated heterocycles. The number of halogens is 2. The minimum atomic E-state index is 0.581. The Morgan fingerprint density at radius 1 is 1.18 bits per heavy atom. The zero-order valence-corrected chi connectivity index (χ0v) is 13.4. The van der Waals surface area contributed by atoms with E-state index in [0.717, 1.165) is 28.6 Å². The van der Waals surface area contributed by atoms with Crippen LogP contribution in [0.2, 0.25) is 0 Å². The Kier molecular flexibility index (Phi) is 4.64. The van der Waals surface area contributed by atoms with E-state index < -0.39 is 0 Å². The summed E-state index contributed by atoms with van der Waals surface area (Å²) < 4.78 is 2.24. The molecule has 0 aliphatic carbocycles. The van der Waals surface area contributed by atoms with Gasteiger partial charge in [0.1, 0.15) is 0 Å². The van der Waals surface area contributed by atoms with Gasteiger partial charge < -0.3 is 5.32 Å². The molecule has 2 unspecified atom stereocenters. The van der Waals surface area contributed by atoms with Crippen LogP contribution in [0.3, 0.4) is 0 Å². The van der Waals surface area contributed by atoms with Crippen molar-refractivity contribution in [1.82, 2.24) is 10.2 Å². The van der Waals surface area contributed by atoms with E-state index in [1.54, 1.807) is 0 Å². The number of piperazine rings is 1. The Balaban J connectivity index is 2.02. The zero-order valence-electron chi connectivity index (χ0n) is 10.2. The Morgan fingerprint density at radius 3 is 2.41 bits per heavy atom. The lowest BCUT2D eigenvalue weighted by atomic mass is 10.1. The summed E-state index contributed by atoms with van der Waals surface area (Å²) in [6.07, 6.45) is 0. The van der Waals surface area contributed by atoms with E-state index in [4.69, 9.17) is 0 Å². The second kappa shape index (κ2) is 5.83. The van der Waals surface area contributed by atoms with E-state index >= 15 is 0 Å². The number of nitrogens with zero attached hydrogens (tertiary/aromatic N) is 1. The highest BCUT2D eigenvalue weighted by Crippen LogP contribution is 2.24. The summed E-state index contributed by atoms with van der Waals surface area (Å²) in [7, 11) is 0. The van der Waals surface area contributed by atoms with E-state index in [0.29, 0.717) is 12.1 Å². The normalized spacial score (nSPS) is 26.1. The fourth-order valence-electron chi connectivity index (χ4n) is 2.47. The zero-order chi connectivity index (χ0) is 12.4. The average molecular weight is 362 g/mol. The Hall–Kier alpha value is 0.1000.